The Bertz CT molecular complexity index is 839. The molecule has 24 heavy (non-hydrogen) atoms. The molecule has 2 fully saturated rings. The van der Waals surface area contributed by atoms with E-state index in [-0.39, 0.29) is 16.8 Å². The summed E-state index contributed by atoms with van der Waals surface area (Å²) in [7, 11) is -0.437. The summed E-state index contributed by atoms with van der Waals surface area (Å²) in [5.41, 5.74) is 0.783. The number of fused-ring (bicyclic) bond motifs is 1. The van der Waals surface area contributed by atoms with Crippen LogP contribution in [0.15, 0.2) is 23.0 Å². The van der Waals surface area contributed by atoms with Crippen LogP contribution in [0.25, 0.3) is 10.9 Å². The van der Waals surface area contributed by atoms with Crippen molar-refractivity contribution in [2.45, 2.75) is 64.1 Å². The number of hydrogen-bond donors (Lipinski definition) is 1. The van der Waals surface area contributed by atoms with Gasteiger partial charge in [-0.1, -0.05) is 12.5 Å². The summed E-state index contributed by atoms with van der Waals surface area (Å²) in [6, 6.07) is 5.63. The van der Waals surface area contributed by atoms with E-state index in [2.05, 4.69) is 4.98 Å². The molecule has 0 unspecified atom stereocenters. The van der Waals surface area contributed by atoms with E-state index >= 15 is 0 Å². The van der Waals surface area contributed by atoms with Crippen molar-refractivity contribution < 1.29 is 9.31 Å². The van der Waals surface area contributed by atoms with Gasteiger partial charge in [0.15, 0.2) is 0 Å². The normalized spacial score (nSPS) is 22.8. The van der Waals surface area contributed by atoms with Crippen molar-refractivity contribution in [1.82, 2.24) is 9.97 Å². The Balaban J connectivity index is 1.74. The number of rotatable bonds is 2. The molecule has 0 atom stereocenters. The van der Waals surface area contributed by atoms with Crippen LogP contribution in [0.5, 0.6) is 0 Å². The number of nitrogens with zero attached hydrogens (tertiary/aromatic N) is 1. The average Bonchev–Trinajstić information content (AvgIpc) is 2.65. The predicted molar refractivity (Wildman–Crippen MR) is 94.7 cm³/mol. The van der Waals surface area contributed by atoms with Crippen molar-refractivity contribution >= 4 is 23.5 Å². The molecule has 5 nitrogen and oxygen atoms in total. The molecule has 2 heterocycles. The molecule has 1 aromatic heterocycles. The summed E-state index contributed by atoms with van der Waals surface area (Å²) in [5, 5.41) is 0.610. The van der Waals surface area contributed by atoms with Gasteiger partial charge in [0, 0.05) is 5.92 Å². The fourth-order valence-corrected chi connectivity index (χ4v) is 3.18. The fraction of sp³-hybridized carbons (Fsp3) is 0.556. The van der Waals surface area contributed by atoms with Crippen molar-refractivity contribution in [3.05, 3.63) is 34.4 Å². The van der Waals surface area contributed by atoms with Crippen LogP contribution >= 0.6 is 0 Å². The SMILES string of the molecule is CC1(C)OB(c2ccc3c(=O)[nH]c(C4CCC4)nc3c2)OC1(C)C. The van der Waals surface area contributed by atoms with Gasteiger partial charge < -0.3 is 14.3 Å². The smallest absolute Gasteiger partial charge is 0.399 e. The maximum atomic E-state index is 12.3. The summed E-state index contributed by atoms with van der Waals surface area (Å²) >= 11 is 0. The van der Waals surface area contributed by atoms with Crippen LogP contribution in [0.2, 0.25) is 0 Å². The van der Waals surface area contributed by atoms with E-state index in [0.29, 0.717) is 16.8 Å². The number of aromatic nitrogens is 2. The fourth-order valence-electron chi connectivity index (χ4n) is 3.18. The van der Waals surface area contributed by atoms with Crippen LogP contribution in [0.1, 0.15) is 58.7 Å². The molecule has 2 aromatic rings. The highest BCUT2D eigenvalue weighted by Gasteiger charge is 2.51. The van der Waals surface area contributed by atoms with E-state index in [0.717, 1.165) is 24.1 Å². The summed E-state index contributed by atoms with van der Waals surface area (Å²) in [4.78, 5) is 20.0. The molecular formula is C18H23BN2O3. The van der Waals surface area contributed by atoms with Gasteiger partial charge in [0.1, 0.15) is 5.82 Å². The van der Waals surface area contributed by atoms with Crippen LogP contribution in [0.4, 0.5) is 0 Å². The molecule has 1 saturated carbocycles. The third-order valence-corrected chi connectivity index (χ3v) is 5.77. The van der Waals surface area contributed by atoms with Gasteiger partial charge in [-0.3, -0.25) is 4.79 Å². The van der Waals surface area contributed by atoms with Crippen LogP contribution in [0, 0.1) is 0 Å². The molecule has 1 saturated heterocycles. The molecule has 0 spiro atoms. The van der Waals surface area contributed by atoms with Crippen LogP contribution < -0.4 is 11.0 Å². The molecule has 126 valence electrons. The lowest BCUT2D eigenvalue weighted by molar-refractivity contribution is 0.00578. The number of aromatic amines is 1. The van der Waals surface area contributed by atoms with Gasteiger partial charge in [-0.15, -0.1) is 0 Å². The average molecular weight is 326 g/mol. The largest absolute Gasteiger partial charge is 0.494 e. The molecule has 1 N–H and O–H groups in total. The van der Waals surface area contributed by atoms with E-state index in [1.807, 2.05) is 45.9 Å². The molecule has 0 amide bonds. The summed E-state index contributed by atoms with van der Waals surface area (Å²) in [5.74, 6) is 1.20. The van der Waals surface area contributed by atoms with E-state index < -0.39 is 7.12 Å². The Morgan fingerprint density at radius 1 is 1.17 bits per heavy atom. The van der Waals surface area contributed by atoms with E-state index in [9.17, 15) is 4.79 Å². The highest BCUT2D eigenvalue weighted by atomic mass is 16.7. The molecule has 0 bridgehead atoms. The highest BCUT2D eigenvalue weighted by molar-refractivity contribution is 6.62. The molecule has 1 aromatic carbocycles. The Morgan fingerprint density at radius 2 is 1.83 bits per heavy atom. The second kappa shape index (κ2) is 5.17. The number of hydrogen-bond acceptors (Lipinski definition) is 4. The Kier molecular flexibility index (Phi) is 3.41. The molecule has 2 aliphatic rings. The standard InChI is InChI=1S/C18H23BN2O3/c1-17(2)18(3,4)24-19(23-17)12-8-9-13-14(10-12)20-15(21-16(13)22)11-6-5-7-11/h8-11H,5-7H2,1-4H3,(H,20,21,22). The number of H-pyrrole nitrogens is 1. The first-order valence-corrected chi connectivity index (χ1v) is 8.66. The lowest BCUT2D eigenvalue weighted by atomic mass is 9.78. The topological polar surface area (TPSA) is 64.2 Å². The first-order chi connectivity index (χ1) is 11.3. The number of benzene rings is 1. The quantitative estimate of drug-likeness (QED) is 0.861. The maximum absolute atomic E-state index is 12.3. The van der Waals surface area contributed by atoms with Gasteiger partial charge in [0.2, 0.25) is 0 Å². The summed E-state index contributed by atoms with van der Waals surface area (Å²) in [6.45, 7) is 8.13. The highest BCUT2D eigenvalue weighted by Crippen LogP contribution is 2.37. The molecule has 1 aliphatic heterocycles. The van der Waals surface area contributed by atoms with E-state index in [1.54, 1.807) is 0 Å². The summed E-state index contributed by atoms with van der Waals surface area (Å²) in [6.07, 6.45) is 3.41. The van der Waals surface area contributed by atoms with Crippen molar-refractivity contribution in [1.29, 1.82) is 0 Å². The monoisotopic (exact) mass is 326 g/mol. The van der Waals surface area contributed by atoms with Gasteiger partial charge >= 0.3 is 7.12 Å². The molecule has 1 aliphatic carbocycles. The van der Waals surface area contributed by atoms with Gasteiger partial charge in [-0.25, -0.2) is 4.98 Å². The second-order valence-corrected chi connectivity index (χ2v) is 7.94. The zero-order chi connectivity index (χ0) is 17.1. The van der Waals surface area contributed by atoms with Crippen LogP contribution in [-0.4, -0.2) is 28.3 Å². The van der Waals surface area contributed by atoms with E-state index in [1.165, 1.54) is 6.42 Å². The predicted octanol–water partition coefficient (Wildman–Crippen LogP) is 2.49. The minimum absolute atomic E-state index is 0.0673. The molecule has 6 heteroatoms. The first kappa shape index (κ1) is 15.8. The Morgan fingerprint density at radius 3 is 2.42 bits per heavy atom. The third kappa shape index (κ3) is 2.40. The second-order valence-electron chi connectivity index (χ2n) is 7.94. The maximum Gasteiger partial charge on any atom is 0.494 e. The Hall–Kier alpha value is -1.66. The van der Waals surface area contributed by atoms with Crippen molar-refractivity contribution in [3.63, 3.8) is 0 Å². The van der Waals surface area contributed by atoms with Crippen molar-refractivity contribution in [2.75, 3.05) is 0 Å². The molecule has 4 rings (SSSR count). The van der Waals surface area contributed by atoms with Crippen molar-refractivity contribution in [2.24, 2.45) is 0 Å². The third-order valence-electron chi connectivity index (χ3n) is 5.77. The van der Waals surface area contributed by atoms with Gasteiger partial charge in [0.05, 0.1) is 22.1 Å². The lowest BCUT2D eigenvalue weighted by Gasteiger charge is -2.32. The zero-order valence-corrected chi connectivity index (χ0v) is 14.7. The number of nitrogens with one attached hydrogen (secondary N) is 1. The van der Waals surface area contributed by atoms with E-state index in [4.69, 9.17) is 14.3 Å². The Labute approximate surface area is 141 Å². The lowest BCUT2D eigenvalue weighted by Crippen LogP contribution is -2.41. The van der Waals surface area contributed by atoms with Crippen molar-refractivity contribution in [3.8, 4) is 0 Å². The van der Waals surface area contributed by atoms with Gasteiger partial charge in [0.25, 0.3) is 5.56 Å². The zero-order valence-electron chi connectivity index (χ0n) is 14.7. The van der Waals surface area contributed by atoms with Gasteiger partial charge in [-0.05, 0) is 58.1 Å². The van der Waals surface area contributed by atoms with Gasteiger partial charge in [-0.2, -0.15) is 0 Å². The minimum Gasteiger partial charge on any atom is -0.399 e. The minimum atomic E-state index is -0.437. The van der Waals surface area contributed by atoms with Crippen LogP contribution in [0.3, 0.4) is 0 Å². The first-order valence-electron chi connectivity index (χ1n) is 8.66. The molecular weight excluding hydrogens is 303 g/mol. The molecule has 0 radical (unpaired) electrons. The summed E-state index contributed by atoms with van der Waals surface area (Å²) < 4.78 is 12.2. The van der Waals surface area contributed by atoms with Crippen LogP contribution in [-0.2, 0) is 9.31 Å².